The molecule has 0 spiro atoms. The molecule has 0 aromatic carbocycles. The number of nitrogens with zero attached hydrogens (tertiary/aromatic N) is 2. The smallest absolute Gasteiger partial charge is 0.194 e. The van der Waals surface area contributed by atoms with Gasteiger partial charge in [-0.2, -0.15) is 0 Å². The van der Waals surface area contributed by atoms with Crippen LogP contribution in [0.1, 0.15) is 56.1 Å². The first-order valence-corrected chi connectivity index (χ1v) is 8.70. The van der Waals surface area contributed by atoms with Gasteiger partial charge in [0.15, 0.2) is 4.96 Å². The molecule has 0 saturated heterocycles. The van der Waals surface area contributed by atoms with E-state index in [0.29, 0.717) is 6.04 Å². The van der Waals surface area contributed by atoms with Crippen LogP contribution in [0.4, 0.5) is 0 Å². The lowest BCUT2D eigenvalue weighted by Crippen LogP contribution is -2.34. The van der Waals surface area contributed by atoms with E-state index in [9.17, 15) is 0 Å². The Kier molecular flexibility index (Phi) is 4.13. The van der Waals surface area contributed by atoms with Gasteiger partial charge in [-0.05, 0) is 39.5 Å². The zero-order valence-corrected chi connectivity index (χ0v) is 13.6. The predicted molar refractivity (Wildman–Crippen MR) is 85.4 cm³/mol. The second-order valence-corrected chi connectivity index (χ2v) is 7.04. The molecule has 0 radical (unpaired) electrons. The highest BCUT2D eigenvalue weighted by molar-refractivity contribution is 7.15. The van der Waals surface area contributed by atoms with Gasteiger partial charge in [-0.3, -0.25) is 4.40 Å². The normalized spacial score (nSPS) is 18.8. The molecule has 3 rings (SSSR count). The average molecular weight is 291 g/mol. The van der Waals surface area contributed by atoms with E-state index in [1.54, 1.807) is 11.3 Å². The van der Waals surface area contributed by atoms with Crippen molar-refractivity contribution in [3.63, 3.8) is 0 Å². The Morgan fingerprint density at radius 3 is 2.85 bits per heavy atom. The number of hydrogen-bond donors (Lipinski definition) is 1. The predicted octanol–water partition coefficient (Wildman–Crippen LogP) is 4.07. The summed E-state index contributed by atoms with van der Waals surface area (Å²) in [5, 5.41) is 5.94. The van der Waals surface area contributed by atoms with Crippen LogP contribution in [-0.4, -0.2) is 15.4 Å². The summed E-state index contributed by atoms with van der Waals surface area (Å²) in [4.78, 5) is 5.79. The third-order valence-electron chi connectivity index (χ3n) is 4.78. The second-order valence-electron chi connectivity index (χ2n) is 6.21. The van der Waals surface area contributed by atoms with Gasteiger partial charge in [-0.25, -0.2) is 4.98 Å². The van der Waals surface area contributed by atoms with Crippen LogP contribution in [0.2, 0.25) is 0 Å². The lowest BCUT2D eigenvalue weighted by molar-refractivity contribution is 0.280. The molecular weight excluding hydrogens is 266 g/mol. The third kappa shape index (κ3) is 2.63. The summed E-state index contributed by atoms with van der Waals surface area (Å²) in [6, 6.07) is 0.610. The number of imidazole rings is 1. The van der Waals surface area contributed by atoms with Gasteiger partial charge in [0.1, 0.15) is 0 Å². The molecule has 2 aromatic heterocycles. The van der Waals surface area contributed by atoms with Crippen LogP contribution >= 0.6 is 11.3 Å². The van der Waals surface area contributed by atoms with E-state index in [1.807, 2.05) is 0 Å². The van der Waals surface area contributed by atoms with Crippen molar-refractivity contribution in [2.75, 3.05) is 0 Å². The van der Waals surface area contributed by atoms with Crippen molar-refractivity contribution in [2.45, 2.75) is 65.5 Å². The molecule has 0 bridgehead atoms. The number of hydrogen-bond acceptors (Lipinski definition) is 3. The van der Waals surface area contributed by atoms with Gasteiger partial charge in [-0.1, -0.05) is 19.3 Å². The fourth-order valence-corrected chi connectivity index (χ4v) is 4.36. The first-order valence-electron chi connectivity index (χ1n) is 7.82. The zero-order valence-electron chi connectivity index (χ0n) is 12.8. The van der Waals surface area contributed by atoms with Gasteiger partial charge in [0, 0.05) is 23.7 Å². The number of nitrogens with one attached hydrogen (secondary N) is 1. The minimum atomic E-state index is 0.610. The SMILES string of the molecule is Cc1nc2scc(C)n2c1CNC(C)C1CCCCC1. The highest BCUT2D eigenvalue weighted by Gasteiger charge is 2.20. The van der Waals surface area contributed by atoms with Crippen molar-refractivity contribution < 1.29 is 0 Å². The van der Waals surface area contributed by atoms with E-state index >= 15 is 0 Å². The van der Waals surface area contributed by atoms with Crippen LogP contribution in [0.3, 0.4) is 0 Å². The number of aromatic nitrogens is 2. The molecule has 3 nitrogen and oxygen atoms in total. The summed E-state index contributed by atoms with van der Waals surface area (Å²) < 4.78 is 2.31. The Morgan fingerprint density at radius 2 is 2.10 bits per heavy atom. The first-order chi connectivity index (χ1) is 9.66. The summed E-state index contributed by atoms with van der Waals surface area (Å²) in [6.45, 7) is 7.58. The Hall–Kier alpha value is -0.870. The monoisotopic (exact) mass is 291 g/mol. The van der Waals surface area contributed by atoms with Crippen molar-refractivity contribution in [2.24, 2.45) is 5.92 Å². The maximum atomic E-state index is 4.67. The van der Waals surface area contributed by atoms with Crippen molar-refractivity contribution in [1.82, 2.24) is 14.7 Å². The highest BCUT2D eigenvalue weighted by atomic mass is 32.1. The van der Waals surface area contributed by atoms with E-state index in [2.05, 4.69) is 40.9 Å². The molecule has 110 valence electrons. The molecule has 20 heavy (non-hydrogen) atoms. The topological polar surface area (TPSA) is 29.3 Å². The second kappa shape index (κ2) is 5.86. The Labute approximate surface area is 125 Å². The molecule has 4 heteroatoms. The van der Waals surface area contributed by atoms with E-state index < -0.39 is 0 Å². The number of rotatable bonds is 4. The molecule has 2 aromatic rings. The van der Waals surface area contributed by atoms with Crippen LogP contribution in [0.25, 0.3) is 4.96 Å². The summed E-state index contributed by atoms with van der Waals surface area (Å²) in [5.74, 6) is 0.857. The van der Waals surface area contributed by atoms with Crippen LogP contribution in [0.15, 0.2) is 5.38 Å². The molecule has 1 N–H and O–H groups in total. The zero-order chi connectivity index (χ0) is 14.1. The molecular formula is C16H25N3S. The van der Waals surface area contributed by atoms with E-state index in [1.165, 1.54) is 49.2 Å². The molecule has 1 aliphatic rings. The van der Waals surface area contributed by atoms with Crippen LogP contribution in [-0.2, 0) is 6.54 Å². The van der Waals surface area contributed by atoms with Gasteiger partial charge in [0.25, 0.3) is 0 Å². The summed E-state index contributed by atoms with van der Waals surface area (Å²) in [5.41, 5.74) is 3.80. The quantitative estimate of drug-likeness (QED) is 0.920. The van der Waals surface area contributed by atoms with E-state index in [0.717, 1.165) is 17.4 Å². The summed E-state index contributed by atoms with van der Waals surface area (Å²) >= 11 is 1.74. The minimum Gasteiger partial charge on any atom is -0.308 e. The van der Waals surface area contributed by atoms with Crippen LogP contribution in [0, 0.1) is 19.8 Å². The van der Waals surface area contributed by atoms with Crippen molar-refractivity contribution in [3.05, 3.63) is 22.5 Å². The number of thiazole rings is 1. The minimum absolute atomic E-state index is 0.610. The van der Waals surface area contributed by atoms with Crippen molar-refractivity contribution in [1.29, 1.82) is 0 Å². The van der Waals surface area contributed by atoms with E-state index in [-0.39, 0.29) is 0 Å². The molecule has 0 aliphatic heterocycles. The third-order valence-corrected chi connectivity index (χ3v) is 5.72. The lowest BCUT2D eigenvalue weighted by Gasteiger charge is -2.28. The molecule has 1 aliphatic carbocycles. The average Bonchev–Trinajstić information content (AvgIpc) is 2.97. The molecule has 0 amide bonds. The molecule has 1 atom stereocenters. The fourth-order valence-electron chi connectivity index (χ4n) is 3.43. The maximum Gasteiger partial charge on any atom is 0.194 e. The molecule has 2 heterocycles. The number of fused-ring (bicyclic) bond motifs is 1. The largest absolute Gasteiger partial charge is 0.308 e. The highest BCUT2D eigenvalue weighted by Crippen LogP contribution is 2.27. The molecule has 1 unspecified atom stereocenters. The molecule has 1 saturated carbocycles. The Bertz CT molecular complexity index is 578. The van der Waals surface area contributed by atoms with Gasteiger partial charge < -0.3 is 5.32 Å². The maximum absolute atomic E-state index is 4.67. The Balaban J connectivity index is 1.70. The molecule has 1 fully saturated rings. The van der Waals surface area contributed by atoms with Gasteiger partial charge >= 0.3 is 0 Å². The number of aryl methyl sites for hydroxylation is 2. The van der Waals surface area contributed by atoms with Crippen molar-refractivity contribution >= 4 is 16.3 Å². The standard InChI is InChI=1S/C16H25N3S/c1-11-10-20-16-18-13(3)15(19(11)16)9-17-12(2)14-7-5-4-6-8-14/h10,12,14,17H,4-9H2,1-3H3. The summed E-state index contributed by atoms with van der Waals surface area (Å²) in [7, 11) is 0. The van der Waals surface area contributed by atoms with Gasteiger partial charge in [0.2, 0.25) is 0 Å². The van der Waals surface area contributed by atoms with Gasteiger partial charge in [-0.15, -0.1) is 11.3 Å². The fraction of sp³-hybridized carbons (Fsp3) is 0.688. The van der Waals surface area contributed by atoms with Crippen LogP contribution in [0.5, 0.6) is 0 Å². The first kappa shape index (κ1) is 14.1. The summed E-state index contributed by atoms with van der Waals surface area (Å²) in [6.07, 6.45) is 7.05. The van der Waals surface area contributed by atoms with E-state index in [4.69, 9.17) is 0 Å². The van der Waals surface area contributed by atoms with Gasteiger partial charge in [0.05, 0.1) is 11.4 Å². The van der Waals surface area contributed by atoms with Crippen molar-refractivity contribution in [3.8, 4) is 0 Å². The van der Waals surface area contributed by atoms with Crippen LogP contribution < -0.4 is 5.32 Å². The lowest BCUT2D eigenvalue weighted by atomic mass is 9.84. The Morgan fingerprint density at radius 1 is 1.35 bits per heavy atom.